The van der Waals surface area contributed by atoms with Gasteiger partial charge in [0.25, 0.3) is 5.91 Å². The number of aliphatic hydroxyl groups is 1. The molecule has 0 spiro atoms. The number of carbonyl (C=O) groups is 1. The number of hydrogen-bond acceptors (Lipinski definition) is 3. The van der Waals surface area contributed by atoms with Crippen molar-refractivity contribution in [3.63, 3.8) is 0 Å². The Hall–Kier alpha value is -1.39. The van der Waals surface area contributed by atoms with Crippen molar-refractivity contribution in [3.8, 4) is 0 Å². The summed E-state index contributed by atoms with van der Waals surface area (Å²) in [5.41, 5.74) is 0.689. The van der Waals surface area contributed by atoms with Crippen molar-refractivity contribution in [2.45, 2.75) is 19.4 Å². The van der Waals surface area contributed by atoms with Gasteiger partial charge in [0, 0.05) is 22.0 Å². The van der Waals surface area contributed by atoms with Crippen molar-refractivity contribution in [1.82, 2.24) is 5.32 Å². The number of nitrogens with one attached hydrogen (secondary N) is 1. The van der Waals surface area contributed by atoms with Gasteiger partial charge in [0.15, 0.2) is 0 Å². The van der Waals surface area contributed by atoms with Crippen LogP contribution in [0.25, 0.3) is 10.1 Å². The molecule has 1 unspecified atom stereocenters. The van der Waals surface area contributed by atoms with E-state index in [0.717, 1.165) is 10.1 Å². The molecule has 0 aliphatic heterocycles. The van der Waals surface area contributed by atoms with Gasteiger partial charge in [-0.25, -0.2) is 0 Å². The van der Waals surface area contributed by atoms with E-state index in [2.05, 4.69) is 5.32 Å². The second-order valence-corrected chi connectivity index (χ2v) is 4.83. The highest BCUT2D eigenvalue weighted by molar-refractivity contribution is 7.17. The second-order valence-electron chi connectivity index (χ2n) is 3.92. The molecule has 90 valence electrons. The summed E-state index contributed by atoms with van der Waals surface area (Å²) in [5, 5.41) is 15.0. The summed E-state index contributed by atoms with van der Waals surface area (Å²) < 4.78 is 1.11. The van der Waals surface area contributed by atoms with Crippen LogP contribution in [0.1, 0.15) is 23.7 Å². The molecular formula is C13H15NO2S. The molecule has 2 aromatic rings. The lowest BCUT2D eigenvalue weighted by atomic mass is 10.1. The summed E-state index contributed by atoms with van der Waals surface area (Å²) in [6.45, 7) is 2.19. The lowest BCUT2D eigenvalue weighted by Gasteiger charge is -2.08. The van der Waals surface area contributed by atoms with Crippen molar-refractivity contribution >= 4 is 27.3 Å². The Bertz CT molecular complexity index is 521. The SMILES string of the molecule is CCC(O)CNC(=O)c1csc2ccccc12. The Morgan fingerprint density at radius 1 is 1.47 bits per heavy atom. The largest absolute Gasteiger partial charge is 0.391 e. The summed E-state index contributed by atoms with van der Waals surface area (Å²) in [7, 11) is 0. The molecule has 0 aliphatic carbocycles. The highest BCUT2D eigenvalue weighted by Gasteiger charge is 2.12. The van der Waals surface area contributed by atoms with E-state index in [1.807, 2.05) is 36.6 Å². The fourth-order valence-electron chi connectivity index (χ4n) is 1.60. The molecule has 2 N–H and O–H groups in total. The molecule has 0 fully saturated rings. The first-order valence-electron chi connectivity index (χ1n) is 5.65. The van der Waals surface area contributed by atoms with Gasteiger partial charge in [0.1, 0.15) is 0 Å². The summed E-state index contributed by atoms with van der Waals surface area (Å²) in [4.78, 5) is 11.9. The molecule has 2 rings (SSSR count). The van der Waals surface area contributed by atoms with Gasteiger partial charge in [-0.15, -0.1) is 11.3 Å². The molecule has 0 saturated carbocycles. The number of carbonyl (C=O) groups excluding carboxylic acids is 1. The van der Waals surface area contributed by atoms with Crippen LogP contribution in [0.5, 0.6) is 0 Å². The zero-order chi connectivity index (χ0) is 12.3. The first kappa shape index (κ1) is 12.1. The molecule has 0 bridgehead atoms. The molecule has 0 radical (unpaired) electrons. The van der Waals surface area contributed by atoms with Crippen molar-refractivity contribution < 1.29 is 9.90 Å². The minimum absolute atomic E-state index is 0.116. The molecule has 3 nitrogen and oxygen atoms in total. The first-order chi connectivity index (χ1) is 8.22. The van der Waals surface area contributed by atoms with Crippen molar-refractivity contribution in [2.24, 2.45) is 0 Å². The normalized spacial score (nSPS) is 12.6. The zero-order valence-corrected chi connectivity index (χ0v) is 10.5. The van der Waals surface area contributed by atoms with Crippen molar-refractivity contribution in [3.05, 3.63) is 35.2 Å². The topological polar surface area (TPSA) is 49.3 Å². The van der Waals surface area contributed by atoms with Gasteiger partial charge in [0.2, 0.25) is 0 Å². The standard InChI is InChI=1S/C13H15NO2S/c1-2-9(15)7-14-13(16)11-8-17-12-6-4-3-5-10(11)12/h3-6,8-9,15H,2,7H2,1H3,(H,14,16). The quantitative estimate of drug-likeness (QED) is 0.874. The summed E-state index contributed by atoms with van der Waals surface area (Å²) in [5.74, 6) is -0.116. The maximum Gasteiger partial charge on any atom is 0.252 e. The maximum absolute atomic E-state index is 11.9. The fraction of sp³-hybridized carbons (Fsp3) is 0.308. The number of fused-ring (bicyclic) bond motifs is 1. The van der Waals surface area contributed by atoms with Crippen LogP contribution >= 0.6 is 11.3 Å². The van der Waals surface area contributed by atoms with Crippen LogP contribution in [0.15, 0.2) is 29.6 Å². The van der Waals surface area contributed by atoms with E-state index < -0.39 is 6.10 Å². The molecular weight excluding hydrogens is 234 g/mol. The van der Waals surface area contributed by atoms with Crippen LogP contribution in [-0.4, -0.2) is 23.7 Å². The number of thiophene rings is 1. The van der Waals surface area contributed by atoms with Gasteiger partial charge in [-0.05, 0) is 12.5 Å². The smallest absolute Gasteiger partial charge is 0.252 e. The third kappa shape index (κ3) is 2.65. The lowest BCUT2D eigenvalue weighted by Crippen LogP contribution is -2.31. The molecule has 0 saturated heterocycles. The average molecular weight is 249 g/mol. The van der Waals surface area contributed by atoms with Gasteiger partial charge in [-0.3, -0.25) is 4.79 Å². The highest BCUT2D eigenvalue weighted by Crippen LogP contribution is 2.25. The molecule has 1 heterocycles. The number of hydrogen-bond donors (Lipinski definition) is 2. The number of rotatable bonds is 4. The van der Waals surface area contributed by atoms with Crippen LogP contribution in [0.4, 0.5) is 0 Å². The number of benzene rings is 1. The Labute approximate surface area is 104 Å². The summed E-state index contributed by atoms with van der Waals surface area (Å²) in [6.07, 6.45) is 0.175. The van der Waals surface area contributed by atoms with Crippen LogP contribution < -0.4 is 5.32 Å². The monoisotopic (exact) mass is 249 g/mol. The minimum Gasteiger partial charge on any atom is -0.391 e. The van der Waals surface area contributed by atoms with Gasteiger partial charge in [-0.1, -0.05) is 25.1 Å². The molecule has 0 aliphatic rings. The predicted molar refractivity (Wildman–Crippen MR) is 70.5 cm³/mol. The highest BCUT2D eigenvalue weighted by atomic mass is 32.1. The van der Waals surface area contributed by atoms with E-state index in [0.29, 0.717) is 18.5 Å². The Morgan fingerprint density at radius 2 is 2.24 bits per heavy atom. The van der Waals surface area contributed by atoms with Crippen LogP contribution in [0.3, 0.4) is 0 Å². The van der Waals surface area contributed by atoms with E-state index in [-0.39, 0.29) is 5.91 Å². The van der Waals surface area contributed by atoms with Crippen molar-refractivity contribution in [1.29, 1.82) is 0 Å². The molecule has 1 atom stereocenters. The molecule has 1 aromatic heterocycles. The molecule has 17 heavy (non-hydrogen) atoms. The van der Waals surface area contributed by atoms with E-state index >= 15 is 0 Å². The number of amides is 1. The van der Waals surface area contributed by atoms with E-state index in [1.165, 1.54) is 0 Å². The van der Waals surface area contributed by atoms with Crippen LogP contribution in [-0.2, 0) is 0 Å². The van der Waals surface area contributed by atoms with Gasteiger partial charge >= 0.3 is 0 Å². The summed E-state index contributed by atoms with van der Waals surface area (Å²) >= 11 is 1.56. The second kappa shape index (κ2) is 5.29. The summed E-state index contributed by atoms with van der Waals surface area (Å²) in [6, 6.07) is 7.82. The van der Waals surface area contributed by atoms with Crippen LogP contribution in [0, 0.1) is 0 Å². The van der Waals surface area contributed by atoms with Gasteiger partial charge in [0.05, 0.1) is 11.7 Å². The Morgan fingerprint density at radius 3 is 3.00 bits per heavy atom. The molecule has 1 aromatic carbocycles. The van der Waals surface area contributed by atoms with Gasteiger partial charge < -0.3 is 10.4 Å². The minimum atomic E-state index is -0.469. The zero-order valence-electron chi connectivity index (χ0n) is 9.64. The van der Waals surface area contributed by atoms with E-state index in [4.69, 9.17) is 0 Å². The molecule has 4 heteroatoms. The third-order valence-corrected chi connectivity index (χ3v) is 3.66. The van der Waals surface area contributed by atoms with Crippen LogP contribution in [0.2, 0.25) is 0 Å². The number of aliphatic hydroxyl groups excluding tert-OH is 1. The lowest BCUT2D eigenvalue weighted by molar-refractivity contribution is 0.0916. The Balaban J connectivity index is 2.14. The third-order valence-electron chi connectivity index (χ3n) is 2.70. The Kier molecular flexibility index (Phi) is 3.76. The maximum atomic E-state index is 11.9. The van der Waals surface area contributed by atoms with Gasteiger partial charge in [-0.2, -0.15) is 0 Å². The average Bonchev–Trinajstić information content (AvgIpc) is 2.79. The van der Waals surface area contributed by atoms with Crippen molar-refractivity contribution in [2.75, 3.05) is 6.54 Å². The first-order valence-corrected chi connectivity index (χ1v) is 6.52. The van der Waals surface area contributed by atoms with E-state index in [9.17, 15) is 9.90 Å². The van der Waals surface area contributed by atoms with E-state index in [1.54, 1.807) is 11.3 Å². The molecule has 1 amide bonds. The predicted octanol–water partition coefficient (Wildman–Crippen LogP) is 2.40. The fourth-order valence-corrected chi connectivity index (χ4v) is 2.54.